The largest absolute Gasteiger partial charge is 0.351 e. The van der Waals surface area contributed by atoms with Gasteiger partial charge in [-0.15, -0.1) is 0 Å². The first-order valence-electron chi connectivity index (χ1n) is 25.5. The van der Waals surface area contributed by atoms with Gasteiger partial charge in [0.2, 0.25) is 0 Å². The zero-order valence-corrected chi connectivity index (χ0v) is 49.7. The monoisotopic (exact) mass is 981 g/mol. The maximum absolute atomic E-state index is 11.6. The third-order valence-corrected chi connectivity index (χ3v) is 15.2. The standard InChI is InChI=1S/C61H94N2O4P2/c1-52(2,3)40-26-30-44(48(36-40)56(13,14)15)60(45-31-27-41(53(4,5)6)37-49(45)57(16,17)18)61(63(67-69-65)35-25-34-62(60)66-68-64,46-32-28-42(54(7,8)9)38-50(46)58(19,20)21)47-33-29-43(55(10,11)12)39-51(47)59(22,23)24/h26-33,36-39,64-65,68-69H,25,34-35H2,1-24H3. The zero-order chi connectivity index (χ0) is 52.5. The highest BCUT2D eigenvalue weighted by Gasteiger charge is 2.68. The molecule has 4 aromatic carbocycles. The van der Waals surface area contributed by atoms with E-state index in [9.17, 15) is 9.79 Å². The maximum Gasteiger partial charge on any atom is 0.175 e. The molecule has 2 atom stereocenters. The van der Waals surface area contributed by atoms with Crippen molar-refractivity contribution in [3.05, 3.63) is 140 Å². The lowest BCUT2D eigenvalue weighted by Crippen LogP contribution is -2.67. The quantitative estimate of drug-likeness (QED) is 0.172. The number of hydroxylamine groups is 4. The molecule has 69 heavy (non-hydrogen) atoms. The molecule has 6 nitrogen and oxygen atoms in total. The molecular formula is C61H94N2O4P2. The summed E-state index contributed by atoms with van der Waals surface area (Å²) in [6.07, 6.45) is 0.615. The van der Waals surface area contributed by atoms with Gasteiger partial charge in [-0.25, -0.2) is 9.25 Å². The van der Waals surface area contributed by atoms with E-state index >= 15 is 0 Å². The highest BCUT2D eigenvalue weighted by Crippen LogP contribution is 2.64. The summed E-state index contributed by atoms with van der Waals surface area (Å²) in [5.74, 6) is 0. The van der Waals surface area contributed by atoms with Crippen LogP contribution in [0.5, 0.6) is 0 Å². The maximum atomic E-state index is 11.6. The van der Waals surface area contributed by atoms with Gasteiger partial charge >= 0.3 is 0 Å². The average Bonchev–Trinajstić information content (AvgIpc) is 3.32. The Morgan fingerprint density at radius 1 is 0.348 bits per heavy atom. The molecule has 4 aromatic rings. The number of benzene rings is 4. The summed E-state index contributed by atoms with van der Waals surface area (Å²) < 4.78 is 14.2. The lowest BCUT2D eigenvalue weighted by molar-refractivity contribution is -0.216. The Kier molecular flexibility index (Phi) is 16.1. The Morgan fingerprint density at radius 3 is 0.710 bits per heavy atom. The normalized spacial score (nSPS) is 17.7. The van der Waals surface area contributed by atoms with Gasteiger partial charge in [0.25, 0.3) is 0 Å². The van der Waals surface area contributed by atoms with E-state index in [1.165, 1.54) is 44.5 Å². The predicted molar refractivity (Wildman–Crippen MR) is 298 cm³/mol. The second kappa shape index (κ2) is 19.4. The number of hydrogen-bond donors (Lipinski definition) is 2. The summed E-state index contributed by atoms with van der Waals surface area (Å²) in [5, 5.41) is 4.35. The predicted octanol–water partition coefficient (Wildman–Crippen LogP) is 16.1. The second-order valence-electron chi connectivity index (χ2n) is 28.4. The van der Waals surface area contributed by atoms with Crippen molar-refractivity contribution >= 4 is 18.1 Å². The van der Waals surface area contributed by atoms with Crippen LogP contribution in [-0.4, -0.2) is 33.0 Å². The molecule has 0 radical (unpaired) electrons. The molecule has 0 aliphatic carbocycles. The number of hydrogen-bond acceptors (Lipinski definition) is 6. The molecule has 5 rings (SSSR count). The van der Waals surface area contributed by atoms with Crippen LogP contribution in [0.25, 0.3) is 0 Å². The molecule has 1 fully saturated rings. The molecule has 2 N–H and O–H groups in total. The molecule has 0 aromatic heterocycles. The first-order chi connectivity index (χ1) is 31.2. The molecule has 1 aliphatic rings. The fourth-order valence-corrected chi connectivity index (χ4v) is 11.4. The molecule has 382 valence electrons. The number of nitrogens with zero attached hydrogens (tertiary/aromatic N) is 2. The summed E-state index contributed by atoms with van der Waals surface area (Å²) in [4.78, 5) is 23.2. The minimum atomic E-state index is -1.34. The van der Waals surface area contributed by atoms with Crippen molar-refractivity contribution in [3.63, 3.8) is 0 Å². The van der Waals surface area contributed by atoms with E-state index in [1.54, 1.807) is 0 Å². The smallest absolute Gasteiger partial charge is 0.175 e. The molecule has 1 saturated heterocycles. The van der Waals surface area contributed by atoms with Crippen LogP contribution in [0.4, 0.5) is 0 Å². The van der Waals surface area contributed by atoms with E-state index in [4.69, 9.17) is 9.25 Å². The second-order valence-corrected chi connectivity index (χ2v) is 29.1. The van der Waals surface area contributed by atoms with Gasteiger partial charge in [-0.2, -0.15) is 10.1 Å². The zero-order valence-electron chi connectivity index (χ0n) is 47.7. The van der Waals surface area contributed by atoms with E-state index in [0.29, 0.717) is 19.5 Å². The Morgan fingerprint density at radius 2 is 0.551 bits per heavy atom. The Hall–Kier alpha value is -2.50. The first-order valence-corrected chi connectivity index (χ1v) is 27.2. The summed E-state index contributed by atoms with van der Waals surface area (Å²) in [5.41, 5.74) is 9.02. The lowest BCUT2D eigenvalue weighted by Gasteiger charge is -2.60. The van der Waals surface area contributed by atoms with Gasteiger partial charge in [0.15, 0.2) is 18.1 Å². The van der Waals surface area contributed by atoms with Crippen LogP contribution < -0.4 is 0 Å². The van der Waals surface area contributed by atoms with E-state index in [2.05, 4.69) is 249 Å². The fourth-order valence-electron chi connectivity index (χ4n) is 10.8. The van der Waals surface area contributed by atoms with Crippen LogP contribution in [0.2, 0.25) is 0 Å². The van der Waals surface area contributed by atoms with Crippen molar-refractivity contribution in [2.24, 2.45) is 0 Å². The molecule has 1 heterocycles. The van der Waals surface area contributed by atoms with Gasteiger partial charge in [0.1, 0.15) is 11.1 Å². The SMILES string of the molecule is CC(C)(C)c1ccc(C2(c3ccc(C(C)(C)C)cc3C(C)(C)C)N(OPO)CCCN(OPO)C2(c2ccc(C(C)(C)C)cc2C(C)(C)C)c2ccc(C(C)(C)C)cc2C(C)(C)C)c(C(C)(C)C)c1. The molecule has 0 amide bonds. The van der Waals surface area contributed by atoms with Gasteiger partial charge in [-0.1, -0.05) is 239 Å². The minimum absolute atomic E-state index is 0.155. The van der Waals surface area contributed by atoms with Crippen molar-refractivity contribution in [3.8, 4) is 0 Å². The highest BCUT2D eigenvalue weighted by molar-refractivity contribution is 7.25. The Balaban J connectivity index is 2.47. The minimum Gasteiger partial charge on any atom is -0.351 e. The summed E-state index contributed by atoms with van der Waals surface area (Å²) in [6.45, 7) is 56.4. The van der Waals surface area contributed by atoms with Crippen molar-refractivity contribution in [1.29, 1.82) is 0 Å². The summed E-state index contributed by atoms with van der Waals surface area (Å²) in [7, 11) is -1.71. The topological polar surface area (TPSA) is 65.4 Å². The van der Waals surface area contributed by atoms with Gasteiger partial charge in [-0.3, -0.25) is 0 Å². The number of rotatable bonds is 8. The lowest BCUT2D eigenvalue weighted by atomic mass is 9.54. The van der Waals surface area contributed by atoms with Crippen LogP contribution in [0.15, 0.2) is 72.8 Å². The Bertz CT molecular complexity index is 2130. The summed E-state index contributed by atoms with van der Waals surface area (Å²) in [6, 6.07) is 28.7. The van der Waals surface area contributed by atoms with Gasteiger partial charge in [0.05, 0.1) is 0 Å². The molecule has 1 aliphatic heterocycles. The molecule has 0 saturated carbocycles. The Labute approximate surface area is 425 Å². The van der Waals surface area contributed by atoms with E-state index < -0.39 is 50.8 Å². The van der Waals surface area contributed by atoms with Crippen LogP contribution in [0.1, 0.15) is 239 Å². The van der Waals surface area contributed by atoms with Gasteiger partial charge < -0.3 is 9.79 Å². The molecule has 0 bridgehead atoms. The third-order valence-electron chi connectivity index (χ3n) is 14.6. The van der Waals surface area contributed by atoms with Crippen LogP contribution in [-0.2, 0) is 63.6 Å². The molecule has 0 spiro atoms. The van der Waals surface area contributed by atoms with Crippen molar-refractivity contribution in [1.82, 2.24) is 10.1 Å². The average molecular weight is 981 g/mol. The van der Waals surface area contributed by atoms with E-state index in [0.717, 1.165) is 22.3 Å². The van der Waals surface area contributed by atoms with Crippen molar-refractivity contribution in [2.45, 2.75) is 227 Å². The van der Waals surface area contributed by atoms with Crippen LogP contribution >= 0.6 is 18.1 Å². The molecule has 2 unspecified atom stereocenters. The van der Waals surface area contributed by atoms with Gasteiger partial charge in [0, 0.05) is 13.1 Å². The highest BCUT2D eigenvalue weighted by atomic mass is 31.1. The van der Waals surface area contributed by atoms with Gasteiger partial charge in [-0.05, 0) is 117 Å². The molecular weight excluding hydrogens is 887 g/mol. The third kappa shape index (κ3) is 11.1. The van der Waals surface area contributed by atoms with Crippen molar-refractivity contribution in [2.75, 3.05) is 13.1 Å². The van der Waals surface area contributed by atoms with Crippen LogP contribution in [0, 0.1) is 0 Å². The molecule has 8 heteroatoms. The van der Waals surface area contributed by atoms with E-state index in [-0.39, 0.29) is 21.7 Å². The van der Waals surface area contributed by atoms with Crippen molar-refractivity contribution < 1.29 is 19.0 Å². The van der Waals surface area contributed by atoms with E-state index in [1.807, 2.05) is 0 Å². The summed E-state index contributed by atoms with van der Waals surface area (Å²) >= 11 is 0. The fraction of sp³-hybridized carbons (Fsp3) is 0.607. The first kappa shape index (κ1) is 57.4. The van der Waals surface area contributed by atoms with Crippen LogP contribution in [0.3, 0.4) is 0 Å².